The number of hydrogen-bond donors (Lipinski definition) is 3. The van der Waals surface area contributed by atoms with Gasteiger partial charge in [-0.25, -0.2) is 0 Å². The maximum Gasteiger partial charge on any atom is 0.416 e. The zero-order valence-electron chi connectivity index (χ0n) is 19.0. The van der Waals surface area contributed by atoms with E-state index in [1.54, 1.807) is 55.5 Å². The van der Waals surface area contributed by atoms with E-state index in [2.05, 4.69) is 10.6 Å². The van der Waals surface area contributed by atoms with E-state index in [-0.39, 0.29) is 31.0 Å². The van der Waals surface area contributed by atoms with Gasteiger partial charge in [0.05, 0.1) is 17.9 Å². The topological polar surface area (TPSA) is 87.7 Å². The maximum atomic E-state index is 13.2. The van der Waals surface area contributed by atoms with E-state index < -0.39 is 17.7 Å². The summed E-state index contributed by atoms with van der Waals surface area (Å²) in [5, 5.41) is 14.5. The zero-order chi connectivity index (χ0) is 25.4. The van der Waals surface area contributed by atoms with Gasteiger partial charge in [0.25, 0.3) is 5.91 Å². The number of nitrogens with one attached hydrogen (secondary N) is 2. The molecule has 0 fully saturated rings. The highest BCUT2D eigenvalue weighted by atomic mass is 19.4. The molecule has 35 heavy (non-hydrogen) atoms. The van der Waals surface area contributed by atoms with Gasteiger partial charge in [0.15, 0.2) is 0 Å². The van der Waals surface area contributed by atoms with Gasteiger partial charge in [0, 0.05) is 24.2 Å². The van der Waals surface area contributed by atoms with Crippen molar-refractivity contribution in [3.63, 3.8) is 0 Å². The molecule has 0 unspecified atom stereocenters. The van der Waals surface area contributed by atoms with Crippen LogP contribution >= 0.6 is 0 Å². The minimum Gasteiger partial charge on any atom is -0.491 e. The summed E-state index contributed by atoms with van der Waals surface area (Å²) in [6.07, 6.45) is -4.12. The van der Waals surface area contributed by atoms with Gasteiger partial charge in [-0.1, -0.05) is 30.3 Å². The molecule has 3 N–H and O–H groups in total. The fourth-order valence-electron chi connectivity index (χ4n) is 3.47. The number of anilines is 2. The van der Waals surface area contributed by atoms with E-state index in [1.165, 1.54) is 12.1 Å². The van der Waals surface area contributed by atoms with E-state index in [0.29, 0.717) is 34.7 Å². The first-order chi connectivity index (χ1) is 16.6. The molecule has 0 aliphatic rings. The monoisotopic (exact) mass is 486 g/mol. The molecular formula is C26H25F3N2O4. The van der Waals surface area contributed by atoms with Crippen molar-refractivity contribution in [3.05, 3.63) is 89.0 Å². The highest BCUT2D eigenvalue weighted by molar-refractivity contribution is 6.06. The molecule has 0 heterocycles. The number of hydrogen-bond acceptors (Lipinski definition) is 4. The van der Waals surface area contributed by atoms with Crippen LogP contribution in [-0.4, -0.2) is 23.6 Å². The number of carboxylic acid groups (broad SMARTS) is 1. The first-order valence-corrected chi connectivity index (χ1v) is 10.9. The fraction of sp³-hybridized carbons (Fsp3) is 0.231. The van der Waals surface area contributed by atoms with Gasteiger partial charge in [0.1, 0.15) is 5.75 Å². The summed E-state index contributed by atoms with van der Waals surface area (Å²) in [4.78, 5) is 23.5. The van der Waals surface area contributed by atoms with E-state index >= 15 is 0 Å². The largest absolute Gasteiger partial charge is 0.491 e. The predicted molar refractivity (Wildman–Crippen MR) is 127 cm³/mol. The first kappa shape index (κ1) is 25.6. The molecule has 3 aromatic carbocycles. The van der Waals surface area contributed by atoms with Crippen LogP contribution in [-0.2, 0) is 17.5 Å². The molecule has 0 aromatic heterocycles. The Morgan fingerprint density at radius 2 is 1.71 bits per heavy atom. The second-order valence-electron chi connectivity index (χ2n) is 7.83. The lowest BCUT2D eigenvalue weighted by atomic mass is 10.1. The summed E-state index contributed by atoms with van der Waals surface area (Å²) < 4.78 is 45.2. The molecule has 184 valence electrons. The van der Waals surface area contributed by atoms with E-state index in [1.807, 2.05) is 0 Å². The number of carbonyl (C=O) groups is 2. The zero-order valence-corrected chi connectivity index (χ0v) is 19.0. The predicted octanol–water partition coefficient (Wildman–Crippen LogP) is 6.12. The number of halogens is 3. The number of para-hydroxylation sites is 2. The smallest absolute Gasteiger partial charge is 0.416 e. The normalized spacial score (nSPS) is 11.1. The van der Waals surface area contributed by atoms with E-state index in [0.717, 1.165) is 6.07 Å². The second-order valence-corrected chi connectivity index (χ2v) is 7.83. The van der Waals surface area contributed by atoms with Crippen LogP contribution in [0.15, 0.2) is 66.7 Å². The summed E-state index contributed by atoms with van der Waals surface area (Å²) in [5.41, 5.74) is 1.49. The summed E-state index contributed by atoms with van der Waals surface area (Å²) in [7, 11) is 0. The fourth-order valence-corrected chi connectivity index (χ4v) is 3.47. The van der Waals surface area contributed by atoms with Crippen molar-refractivity contribution in [3.8, 4) is 5.75 Å². The average molecular weight is 486 g/mol. The maximum absolute atomic E-state index is 13.2. The molecule has 0 spiro atoms. The van der Waals surface area contributed by atoms with Gasteiger partial charge in [-0.15, -0.1) is 0 Å². The molecule has 1 amide bonds. The van der Waals surface area contributed by atoms with Crippen LogP contribution in [0.1, 0.15) is 39.9 Å². The molecule has 0 radical (unpaired) electrons. The van der Waals surface area contributed by atoms with Crippen LogP contribution in [0.3, 0.4) is 0 Å². The third kappa shape index (κ3) is 7.23. The van der Waals surface area contributed by atoms with Gasteiger partial charge in [-0.05, 0) is 60.9 Å². The van der Waals surface area contributed by atoms with Crippen molar-refractivity contribution in [1.29, 1.82) is 0 Å². The first-order valence-electron chi connectivity index (χ1n) is 10.9. The number of amides is 1. The molecular weight excluding hydrogens is 461 g/mol. The molecule has 6 nitrogen and oxygen atoms in total. The van der Waals surface area contributed by atoms with Crippen molar-refractivity contribution in [1.82, 2.24) is 0 Å². The summed E-state index contributed by atoms with van der Waals surface area (Å²) in [6, 6.07) is 17.1. The summed E-state index contributed by atoms with van der Waals surface area (Å²) in [5.74, 6) is -0.864. The van der Waals surface area contributed by atoms with Gasteiger partial charge < -0.3 is 20.5 Å². The van der Waals surface area contributed by atoms with Crippen molar-refractivity contribution < 1.29 is 32.6 Å². The number of carbonyl (C=O) groups excluding carboxylic acids is 1. The van der Waals surface area contributed by atoms with E-state index in [9.17, 15) is 22.8 Å². The van der Waals surface area contributed by atoms with Gasteiger partial charge >= 0.3 is 12.1 Å². The summed E-state index contributed by atoms with van der Waals surface area (Å²) >= 11 is 0. The molecule has 0 saturated carbocycles. The quantitative estimate of drug-likeness (QED) is 0.301. The van der Waals surface area contributed by atoms with Crippen LogP contribution < -0.4 is 15.4 Å². The van der Waals surface area contributed by atoms with Crippen molar-refractivity contribution in [2.45, 2.75) is 32.5 Å². The molecule has 0 aliphatic carbocycles. The molecule has 3 aromatic rings. The number of rotatable bonds is 10. The van der Waals surface area contributed by atoms with Gasteiger partial charge in [-0.3, -0.25) is 9.59 Å². The Hall–Kier alpha value is -4.01. The van der Waals surface area contributed by atoms with Crippen molar-refractivity contribution in [2.75, 3.05) is 17.2 Å². The molecule has 3 rings (SSSR count). The van der Waals surface area contributed by atoms with Crippen LogP contribution in [0.25, 0.3) is 0 Å². The lowest BCUT2D eigenvalue weighted by molar-refractivity contribution is -0.138. The van der Waals surface area contributed by atoms with Crippen LogP contribution in [0.5, 0.6) is 5.75 Å². The molecule has 9 heteroatoms. The summed E-state index contributed by atoms with van der Waals surface area (Å²) in [6.45, 7) is 1.90. The lowest BCUT2D eigenvalue weighted by Crippen LogP contribution is -2.15. The molecule has 0 aliphatic heterocycles. The highest BCUT2D eigenvalue weighted by Gasteiger charge is 2.32. The average Bonchev–Trinajstić information content (AvgIpc) is 2.81. The SMILES string of the molecule is Cc1cc(NCc2ccccc2C(F)(F)F)ccc1C(=O)Nc1ccccc1OCCCC(=O)O. The third-order valence-electron chi connectivity index (χ3n) is 5.20. The number of aliphatic carboxylic acids is 1. The van der Waals surface area contributed by atoms with Crippen LogP contribution in [0, 0.1) is 6.92 Å². The Bertz CT molecular complexity index is 1200. The minimum atomic E-state index is -4.44. The molecule has 0 bridgehead atoms. The van der Waals surface area contributed by atoms with Crippen molar-refractivity contribution in [2.24, 2.45) is 0 Å². The van der Waals surface area contributed by atoms with Crippen molar-refractivity contribution >= 4 is 23.3 Å². The number of ether oxygens (including phenoxy) is 1. The lowest BCUT2D eigenvalue weighted by Gasteiger charge is -2.15. The Morgan fingerprint density at radius 1 is 1.00 bits per heavy atom. The molecule has 0 atom stereocenters. The number of aryl methyl sites for hydroxylation is 1. The molecule has 0 saturated heterocycles. The Morgan fingerprint density at radius 3 is 2.43 bits per heavy atom. The minimum absolute atomic E-state index is 0.0180. The van der Waals surface area contributed by atoms with Gasteiger partial charge in [0.2, 0.25) is 0 Å². The Kier molecular flexibility index (Phi) is 8.35. The Labute approximate surface area is 200 Å². The van der Waals surface area contributed by atoms with Gasteiger partial charge in [-0.2, -0.15) is 13.2 Å². The van der Waals surface area contributed by atoms with Crippen LogP contribution in [0.4, 0.5) is 24.5 Å². The second kappa shape index (κ2) is 11.4. The highest BCUT2D eigenvalue weighted by Crippen LogP contribution is 2.32. The number of benzene rings is 3. The standard InChI is InChI=1S/C26H25F3N2O4/c1-17-15-19(30-16-18-7-2-3-8-21(18)26(27,28)29)12-13-20(17)25(34)31-22-9-4-5-10-23(22)35-14-6-11-24(32)33/h2-5,7-10,12-13,15,30H,6,11,14,16H2,1H3,(H,31,34)(H,32,33). The van der Waals surface area contributed by atoms with Crippen LogP contribution in [0.2, 0.25) is 0 Å². The number of carboxylic acids is 1. The van der Waals surface area contributed by atoms with E-state index in [4.69, 9.17) is 9.84 Å². The third-order valence-corrected chi connectivity index (χ3v) is 5.20. The Balaban J connectivity index is 1.66. The number of alkyl halides is 3.